The fourth-order valence-electron chi connectivity index (χ4n) is 4.87. The van der Waals surface area contributed by atoms with E-state index in [0.29, 0.717) is 17.8 Å². The predicted molar refractivity (Wildman–Crippen MR) is 157 cm³/mol. The maximum Gasteiger partial charge on any atom is 0.228 e. The van der Waals surface area contributed by atoms with Gasteiger partial charge >= 0.3 is 0 Å². The fraction of sp³-hybridized carbons (Fsp3) is 0.0323. The maximum atomic E-state index is 12.6. The van der Waals surface area contributed by atoms with Crippen molar-refractivity contribution in [3.63, 3.8) is 0 Å². The molecule has 7 rings (SSSR count). The number of thiophene rings is 1. The topological polar surface area (TPSA) is 99.3 Å². The van der Waals surface area contributed by atoms with E-state index in [4.69, 9.17) is 0 Å². The van der Waals surface area contributed by atoms with Crippen LogP contribution < -0.4 is 5.32 Å². The molecule has 5 aromatic heterocycles. The molecule has 5 heterocycles. The van der Waals surface area contributed by atoms with E-state index < -0.39 is 0 Å². The number of fused-ring (bicyclic) bond motifs is 2. The molecule has 0 radical (unpaired) electrons. The van der Waals surface area contributed by atoms with Crippen molar-refractivity contribution in [3.8, 4) is 33.6 Å². The normalized spacial score (nSPS) is 11.3. The van der Waals surface area contributed by atoms with Gasteiger partial charge in [-0.2, -0.15) is 16.4 Å². The molecule has 2 aromatic carbocycles. The quantitative estimate of drug-likeness (QED) is 0.216. The molecule has 1 amide bonds. The minimum absolute atomic E-state index is 0.0912. The number of rotatable bonds is 6. The van der Waals surface area contributed by atoms with Crippen molar-refractivity contribution < 1.29 is 4.79 Å². The highest BCUT2D eigenvalue weighted by atomic mass is 32.1. The van der Waals surface area contributed by atoms with Gasteiger partial charge in [0.2, 0.25) is 5.91 Å². The van der Waals surface area contributed by atoms with Crippen LogP contribution in [-0.2, 0) is 11.2 Å². The number of aromatic nitrogens is 5. The first kappa shape index (κ1) is 23.1. The van der Waals surface area contributed by atoms with Crippen LogP contribution in [0.2, 0.25) is 0 Å². The average molecular weight is 527 g/mol. The fourth-order valence-corrected chi connectivity index (χ4v) is 5.53. The second kappa shape index (κ2) is 9.66. The van der Waals surface area contributed by atoms with Crippen molar-refractivity contribution in [2.75, 3.05) is 5.32 Å². The van der Waals surface area contributed by atoms with Crippen LogP contribution in [0.25, 0.3) is 55.6 Å². The Labute approximate surface area is 227 Å². The Balaban J connectivity index is 1.21. The van der Waals surface area contributed by atoms with Gasteiger partial charge in [0.25, 0.3) is 0 Å². The zero-order valence-electron chi connectivity index (χ0n) is 20.7. The van der Waals surface area contributed by atoms with Gasteiger partial charge in [-0.15, -0.1) is 0 Å². The molecule has 7 nitrogen and oxygen atoms in total. The van der Waals surface area contributed by atoms with E-state index >= 15 is 0 Å². The smallest absolute Gasteiger partial charge is 0.228 e. The second-order valence-electron chi connectivity index (χ2n) is 9.33. The summed E-state index contributed by atoms with van der Waals surface area (Å²) in [6, 6.07) is 24.2. The van der Waals surface area contributed by atoms with Gasteiger partial charge in [0, 0.05) is 39.8 Å². The largest absolute Gasteiger partial charge is 0.353 e. The number of hydrogen-bond donors (Lipinski definition) is 3. The molecule has 0 spiro atoms. The Kier molecular flexibility index (Phi) is 5.71. The van der Waals surface area contributed by atoms with E-state index in [-0.39, 0.29) is 5.91 Å². The molecule has 0 aliphatic heterocycles. The van der Waals surface area contributed by atoms with Crippen LogP contribution in [0.3, 0.4) is 0 Å². The third-order valence-electron chi connectivity index (χ3n) is 6.74. The lowest BCUT2D eigenvalue weighted by Gasteiger charge is -2.07. The number of carbonyl (C=O) groups is 1. The van der Waals surface area contributed by atoms with Crippen molar-refractivity contribution in [1.82, 2.24) is 25.1 Å². The zero-order chi connectivity index (χ0) is 26.2. The van der Waals surface area contributed by atoms with Gasteiger partial charge in [0.1, 0.15) is 0 Å². The third-order valence-corrected chi connectivity index (χ3v) is 7.42. The Morgan fingerprint density at radius 2 is 1.77 bits per heavy atom. The van der Waals surface area contributed by atoms with Crippen molar-refractivity contribution >= 4 is 44.9 Å². The Bertz CT molecular complexity index is 1940. The SMILES string of the molecule is O=C(Cc1ccccc1)Nc1cncc(-c2cnc3n[nH]c(-c4cc5c(-c6ccsc6)cccc5[nH]4)c3c2)c1. The number of hydrogen-bond acceptors (Lipinski definition) is 5. The lowest BCUT2D eigenvalue weighted by molar-refractivity contribution is -0.115. The van der Waals surface area contributed by atoms with E-state index in [0.717, 1.165) is 44.4 Å². The van der Waals surface area contributed by atoms with Crippen LogP contribution in [0, 0.1) is 0 Å². The van der Waals surface area contributed by atoms with Gasteiger partial charge in [-0.1, -0.05) is 42.5 Å². The number of nitrogens with one attached hydrogen (secondary N) is 3. The van der Waals surface area contributed by atoms with Crippen LogP contribution >= 0.6 is 11.3 Å². The minimum Gasteiger partial charge on any atom is -0.353 e. The molecule has 0 unspecified atom stereocenters. The molecule has 0 aliphatic carbocycles. The summed E-state index contributed by atoms with van der Waals surface area (Å²) in [4.78, 5) is 25.1. The zero-order valence-corrected chi connectivity index (χ0v) is 21.5. The van der Waals surface area contributed by atoms with Crippen LogP contribution in [0.5, 0.6) is 0 Å². The number of aromatic amines is 2. The summed E-state index contributed by atoms with van der Waals surface area (Å²) in [5, 5.41) is 16.9. The molecule has 7 aromatic rings. The van der Waals surface area contributed by atoms with Crippen LogP contribution in [0.1, 0.15) is 5.56 Å². The molecule has 0 aliphatic rings. The number of anilines is 1. The van der Waals surface area contributed by atoms with Gasteiger partial charge in [0.05, 0.1) is 29.7 Å². The van der Waals surface area contributed by atoms with E-state index in [1.165, 1.54) is 11.1 Å². The van der Waals surface area contributed by atoms with Gasteiger partial charge in [-0.3, -0.25) is 14.9 Å². The molecule has 39 heavy (non-hydrogen) atoms. The minimum atomic E-state index is -0.0912. The molecule has 0 bridgehead atoms. The van der Waals surface area contributed by atoms with Crippen molar-refractivity contribution in [2.45, 2.75) is 6.42 Å². The number of H-pyrrole nitrogens is 2. The van der Waals surface area contributed by atoms with Crippen LogP contribution in [0.15, 0.2) is 102 Å². The summed E-state index contributed by atoms with van der Waals surface area (Å²) in [5.74, 6) is -0.0912. The summed E-state index contributed by atoms with van der Waals surface area (Å²) >= 11 is 1.69. The van der Waals surface area contributed by atoms with Crippen LogP contribution in [0.4, 0.5) is 5.69 Å². The van der Waals surface area contributed by atoms with E-state index in [1.807, 2.05) is 36.4 Å². The third kappa shape index (κ3) is 4.47. The molecule has 0 fully saturated rings. The highest BCUT2D eigenvalue weighted by Gasteiger charge is 2.15. The van der Waals surface area contributed by atoms with Crippen LogP contribution in [-0.4, -0.2) is 31.1 Å². The van der Waals surface area contributed by atoms with Gasteiger partial charge in [0.15, 0.2) is 5.65 Å². The van der Waals surface area contributed by atoms with E-state index in [9.17, 15) is 4.79 Å². The van der Waals surface area contributed by atoms with Gasteiger partial charge in [-0.25, -0.2) is 4.98 Å². The Hall–Kier alpha value is -5.08. The predicted octanol–water partition coefficient (Wildman–Crippen LogP) is 7.08. The first-order valence-corrected chi connectivity index (χ1v) is 13.4. The van der Waals surface area contributed by atoms with Crippen molar-refractivity contribution in [1.29, 1.82) is 0 Å². The van der Waals surface area contributed by atoms with Gasteiger partial charge in [-0.05, 0) is 57.8 Å². The number of carbonyl (C=O) groups excluding carboxylic acids is 1. The Morgan fingerprint density at radius 3 is 2.64 bits per heavy atom. The summed E-state index contributed by atoms with van der Waals surface area (Å²) in [7, 11) is 0. The Morgan fingerprint density at radius 1 is 0.872 bits per heavy atom. The number of pyridine rings is 2. The monoisotopic (exact) mass is 526 g/mol. The molecule has 0 saturated heterocycles. The van der Waals surface area contributed by atoms with Gasteiger partial charge < -0.3 is 10.3 Å². The first-order valence-electron chi connectivity index (χ1n) is 12.5. The van der Waals surface area contributed by atoms with Crippen molar-refractivity contribution in [2.24, 2.45) is 0 Å². The highest BCUT2D eigenvalue weighted by Crippen LogP contribution is 2.35. The number of benzene rings is 2. The second-order valence-corrected chi connectivity index (χ2v) is 10.1. The molecule has 0 atom stereocenters. The maximum absolute atomic E-state index is 12.6. The average Bonchev–Trinajstić information content (AvgIpc) is 3.73. The lowest BCUT2D eigenvalue weighted by atomic mass is 10.0. The molecule has 3 N–H and O–H groups in total. The molecule has 188 valence electrons. The summed E-state index contributed by atoms with van der Waals surface area (Å²) in [6.07, 6.45) is 5.50. The molecular weight excluding hydrogens is 504 g/mol. The number of nitrogens with zero attached hydrogens (tertiary/aromatic N) is 3. The molecular formula is C31H22N6OS. The molecule has 0 saturated carbocycles. The standard InChI is InChI=1S/C31H22N6OS/c38-29(11-19-5-2-1-3-6-19)34-23-12-21(15-32-17-23)22-13-26-30(36-37-31(26)33-16-22)28-14-25-24(20-9-10-39-18-20)7-4-8-27(25)35-28/h1-10,12-18,35H,11H2,(H,34,38)(H,33,36,37). The number of amides is 1. The van der Waals surface area contributed by atoms with E-state index in [1.54, 1.807) is 29.9 Å². The highest BCUT2D eigenvalue weighted by molar-refractivity contribution is 7.08. The lowest BCUT2D eigenvalue weighted by Crippen LogP contribution is -2.14. The first-order chi connectivity index (χ1) is 19.2. The summed E-state index contributed by atoms with van der Waals surface area (Å²) < 4.78 is 0. The van der Waals surface area contributed by atoms with Crippen molar-refractivity contribution in [3.05, 3.63) is 108 Å². The summed E-state index contributed by atoms with van der Waals surface area (Å²) in [5.41, 5.74) is 9.22. The molecule has 8 heteroatoms. The van der Waals surface area contributed by atoms with E-state index in [2.05, 4.69) is 77.6 Å². The summed E-state index contributed by atoms with van der Waals surface area (Å²) in [6.45, 7) is 0.